The molecule has 0 aromatic rings. The average molecular weight is 201 g/mol. The van der Waals surface area contributed by atoms with Gasteiger partial charge in [-0.15, -0.1) is 3.94 Å². The molecule has 1 atom stereocenters. The van der Waals surface area contributed by atoms with Gasteiger partial charge in [0.1, 0.15) is 6.04 Å². The van der Waals surface area contributed by atoms with Crippen molar-refractivity contribution >= 4 is 35.4 Å². The second kappa shape index (κ2) is 4.38. The van der Waals surface area contributed by atoms with Gasteiger partial charge in [0.25, 0.3) is 0 Å². The molecule has 0 rings (SSSR count). The Morgan fingerprint density at radius 2 is 2.00 bits per heavy atom. The van der Waals surface area contributed by atoms with Crippen LogP contribution in [-0.4, -0.2) is 27.0 Å². The van der Waals surface area contributed by atoms with Gasteiger partial charge in [-0.1, -0.05) is 0 Å². The highest BCUT2D eigenvalue weighted by Gasteiger charge is 2.25. The molecule has 0 heterocycles. The summed E-state index contributed by atoms with van der Waals surface area (Å²) in [7, 11) is 0. The number of amides is 1. The van der Waals surface area contributed by atoms with Crippen molar-refractivity contribution in [1.82, 2.24) is 3.94 Å². The van der Waals surface area contributed by atoms with E-state index < -0.39 is 24.3 Å². The molecule has 5 nitrogen and oxygen atoms in total. The monoisotopic (exact) mass is 200 g/mol. The molecule has 0 spiro atoms. The van der Waals surface area contributed by atoms with Gasteiger partial charge in [0.05, 0.1) is 6.42 Å². The fourth-order valence-corrected chi connectivity index (χ4v) is 0.735. The number of carbonyl (C=O) groups is 2. The zero-order valence-corrected chi connectivity index (χ0v) is 6.84. The molecular formula is C4H6Cl2N2O3. The molecule has 0 aromatic carbocycles. The SMILES string of the molecule is NC(=O)CC(C(=O)O)N(Cl)Cl. The van der Waals surface area contributed by atoms with Crippen molar-refractivity contribution in [3.05, 3.63) is 0 Å². The van der Waals surface area contributed by atoms with Crippen LogP contribution in [0.5, 0.6) is 0 Å². The normalized spacial score (nSPS) is 13.0. The number of primary amides is 1. The third kappa shape index (κ3) is 4.02. The molecule has 0 fully saturated rings. The molecule has 0 aliphatic carbocycles. The molecule has 3 N–H and O–H groups in total. The van der Waals surface area contributed by atoms with Gasteiger partial charge in [0.15, 0.2) is 0 Å². The highest BCUT2D eigenvalue weighted by atomic mass is 35.5. The lowest BCUT2D eigenvalue weighted by Gasteiger charge is -2.11. The zero-order chi connectivity index (χ0) is 9.02. The summed E-state index contributed by atoms with van der Waals surface area (Å²) < 4.78 is 0.382. The van der Waals surface area contributed by atoms with Crippen LogP contribution in [0.4, 0.5) is 0 Å². The number of carboxylic acid groups (broad SMARTS) is 1. The molecule has 0 aliphatic rings. The Morgan fingerprint density at radius 3 is 2.09 bits per heavy atom. The van der Waals surface area contributed by atoms with Crippen LogP contribution in [0.3, 0.4) is 0 Å². The smallest absolute Gasteiger partial charge is 0.324 e. The van der Waals surface area contributed by atoms with E-state index in [0.29, 0.717) is 3.94 Å². The average Bonchev–Trinajstić information content (AvgIpc) is 1.81. The number of nitrogens with two attached hydrogens (primary N) is 1. The van der Waals surface area contributed by atoms with E-state index in [1.807, 2.05) is 0 Å². The quantitative estimate of drug-likeness (QED) is 0.623. The number of aliphatic carboxylic acids is 1. The van der Waals surface area contributed by atoms with Crippen LogP contribution in [0.25, 0.3) is 0 Å². The summed E-state index contributed by atoms with van der Waals surface area (Å²) in [5.74, 6) is -2.07. The van der Waals surface area contributed by atoms with Crippen LogP contribution in [0.1, 0.15) is 6.42 Å². The Labute approximate surface area is 72.9 Å². The molecule has 64 valence electrons. The second-order valence-electron chi connectivity index (χ2n) is 1.78. The van der Waals surface area contributed by atoms with Crippen molar-refractivity contribution in [3.8, 4) is 0 Å². The number of carbonyl (C=O) groups excluding carboxylic acids is 1. The van der Waals surface area contributed by atoms with Crippen molar-refractivity contribution < 1.29 is 14.7 Å². The van der Waals surface area contributed by atoms with E-state index in [1.54, 1.807) is 0 Å². The van der Waals surface area contributed by atoms with Crippen LogP contribution < -0.4 is 5.73 Å². The third-order valence-corrected chi connectivity index (χ3v) is 1.39. The summed E-state index contributed by atoms with van der Waals surface area (Å²) in [5, 5.41) is 8.37. The van der Waals surface area contributed by atoms with E-state index in [4.69, 9.17) is 34.4 Å². The minimum Gasteiger partial charge on any atom is -0.480 e. The van der Waals surface area contributed by atoms with Crippen LogP contribution in [-0.2, 0) is 9.59 Å². The van der Waals surface area contributed by atoms with E-state index in [1.165, 1.54) is 0 Å². The fraction of sp³-hybridized carbons (Fsp3) is 0.500. The van der Waals surface area contributed by atoms with Gasteiger partial charge in [0.2, 0.25) is 5.91 Å². The van der Waals surface area contributed by atoms with Crippen LogP contribution in [0.2, 0.25) is 0 Å². The van der Waals surface area contributed by atoms with E-state index in [9.17, 15) is 9.59 Å². The summed E-state index contributed by atoms with van der Waals surface area (Å²) in [5.41, 5.74) is 4.72. The molecule has 0 aliphatic heterocycles. The number of nitrogens with zero attached hydrogens (tertiary/aromatic N) is 1. The van der Waals surface area contributed by atoms with Crippen molar-refractivity contribution in [3.63, 3.8) is 0 Å². The fourth-order valence-electron chi connectivity index (χ4n) is 0.430. The number of carboxylic acids is 1. The van der Waals surface area contributed by atoms with Crippen molar-refractivity contribution in [1.29, 1.82) is 0 Å². The van der Waals surface area contributed by atoms with Gasteiger partial charge in [-0.25, -0.2) is 0 Å². The molecule has 1 unspecified atom stereocenters. The van der Waals surface area contributed by atoms with Gasteiger partial charge >= 0.3 is 5.97 Å². The molecule has 0 saturated carbocycles. The minimum atomic E-state index is -1.30. The molecule has 7 heteroatoms. The van der Waals surface area contributed by atoms with Crippen molar-refractivity contribution in [2.45, 2.75) is 12.5 Å². The van der Waals surface area contributed by atoms with Gasteiger partial charge in [-0.2, -0.15) is 0 Å². The predicted octanol–water partition coefficient (Wildman–Crippen LogP) is -0.0754. The first-order chi connectivity index (χ1) is 4.95. The van der Waals surface area contributed by atoms with E-state index in [0.717, 1.165) is 0 Å². The topological polar surface area (TPSA) is 83.6 Å². The van der Waals surface area contributed by atoms with Crippen molar-refractivity contribution in [2.75, 3.05) is 0 Å². The lowest BCUT2D eigenvalue weighted by atomic mass is 10.2. The standard InChI is InChI=1S/C4H6Cl2N2O3/c5-8(6)2(4(10)11)1-3(7)9/h2H,1H2,(H2,7,9)(H,10,11). The largest absolute Gasteiger partial charge is 0.480 e. The number of rotatable bonds is 4. The molecule has 0 radical (unpaired) electrons. The Morgan fingerprint density at radius 1 is 1.55 bits per heavy atom. The molecular weight excluding hydrogens is 195 g/mol. The van der Waals surface area contributed by atoms with Crippen LogP contribution >= 0.6 is 23.6 Å². The molecule has 11 heavy (non-hydrogen) atoms. The summed E-state index contributed by atoms with van der Waals surface area (Å²) >= 11 is 10.2. The molecule has 0 saturated heterocycles. The maximum atomic E-state index is 10.3. The van der Waals surface area contributed by atoms with Gasteiger partial charge < -0.3 is 10.8 Å². The Balaban J connectivity index is 4.12. The number of hydrogen-bond acceptors (Lipinski definition) is 3. The van der Waals surface area contributed by atoms with E-state index in [-0.39, 0.29) is 0 Å². The lowest BCUT2D eigenvalue weighted by Crippen LogP contribution is -2.33. The van der Waals surface area contributed by atoms with Gasteiger partial charge in [0, 0.05) is 0 Å². The first kappa shape index (κ1) is 10.5. The summed E-state index contributed by atoms with van der Waals surface area (Å²) in [6.07, 6.45) is -0.414. The van der Waals surface area contributed by atoms with Gasteiger partial charge in [-0.05, 0) is 23.6 Å². The number of hydrogen-bond donors (Lipinski definition) is 2. The van der Waals surface area contributed by atoms with E-state index in [2.05, 4.69) is 0 Å². The van der Waals surface area contributed by atoms with Crippen molar-refractivity contribution in [2.24, 2.45) is 5.73 Å². The molecule has 0 bridgehead atoms. The summed E-state index contributed by atoms with van der Waals surface area (Å²) in [6, 6.07) is -1.28. The van der Waals surface area contributed by atoms with E-state index >= 15 is 0 Å². The Bertz CT molecular complexity index is 173. The maximum Gasteiger partial charge on any atom is 0.324 e. The Kier molecular flexibility index (Phi) is 4.17. The third-order valence-electron chi connectivity index (χ3n) is 0.915. The predicted molar refractivity (Wildman–Crippen MR) is 38.8 cm³/mol. The van der Waals surface area contributed by atoms with Crippen LogP contribution in [0.15, 0.2) is 0 Å². The zero-order valence-electron chi connectivity index (χ0n) is 5.33. The lowest BCUT2D eigenvalue weighted by molar-refractivity contribution is -0.142. The Hall–Kier alpha value is -0.520. The van der Waals surface area contributed by atoms with Crippen LogP contribution in [0, 0.1) is 0 Å². The summed E-state index contributed by atoms with van der Waals surface area (Å²) in [4.78, 5) is 20.5. The maximum absolute atomic E-state index is 10.3. The minimum absolute atomic E-state index is 0.382. The molecule has 0 aromatic heterocycles. The first-order valence-electron chi connectivity index (χ1n) is 2.57. The number of halogens is 2. The molecule has 1 amide bonds. The highest BCUT2D eigenvalue weighted by Crippen LogP contribution is 2.10. The summed E-state index contributed by atoms with van der Waals surface area (Å²) in [6.45, 7) is 0. The second-order valence-corrected chi connectivity index (χ2v) is 2.69. The first-order valence-corrected chi connectivity index (χ1v) is 3.24. The van der Waals surface area contributed by atoms with Gasteiger partial charge in [-0.3, -0.25) is 9.59 Å². The highest BCUT2D eigenvalue weighted by molar-refractivity contribution is 6.35.